The van der Waals surface area contributed by atoms with Crippen LogP contribution in [0.15, 0.2) is 65.4 Å². The van der Waals surface area contributed by atoms with Gasteiger partial charge < -0.3 is 5.32 Å². The highest BCUT2D eigenvalue weighted by Crippen LogP contribution is 2.21. The SMILES string of the molecule is CC(Nc1ccc(-n2nccn2)cc1)c1ccc(Br)cc1. The number of rotatable bonds is 4. The zero-order valence-corrected chi connectivity index (χ0v) is 13.2. The molecule has 1 unspecified atom stereocenters. The lowest BCUT2D eigenvalue weighted by molar-refractivity contribution is 0.752. The fourth-order valence-electron chi connectivity index (χ4n) is 2.12. The van der Waals surface area contributed by atoms with Crippen LogP contribution in [-0.4, -0.2) is 15.0 Å². The molecule has 1 N–H and O–H groups in total. The number of anilines is 1. The zero-order chi connectivity index (χ0) is 14.7. The average Bonchev–Trinajstić information content (AvgIpc) is 3.03. The first-order valence-corrected chi connectivity index (χ1v) is 7.50. The van der Waals surface area contributed by atoms with Crippen molar-refractivity contribution in [2.24, 2.45) is 0 Å². The van der Waals surface area contributed by atoms with E-state index in [1.54, 1.807) is 17.2 Å². The van der Waals surface area contributed by atoms with Crippen molar-refractivity contribution in [1.29, 1.82) is 0 Å². The van der Waals surface area contributed by atoms with Crippen LogP contribution in [0.4, 0.5) is 5.69 Å². The summed E-state index contributed by atoms with van der Waals surface area (Å²) in [5.74, 6) is 0. The van der Waals surface area contributed by atoms with Crippen LogP contribution in [0.5, 0.6) is 0 Å². The van der Waals surface area contributed by atoms with E-state index in [0.717, 1.165) is 15.8 Å². The smallest absolute Gasteiger partial charge is 0.0858 e. The predicted octanol–water partition coefficient (Wildman–Crippen LogP) is 4.20. The number of halogens is 1. The highest BCUT2D eigenvalue weighted by atomic mass is 79.9. The van der Waals surface area contributed by atoms with Crippen LogP contribution in [0.25, 0.3) is 5.69 Å². The summed E-state index contributed by atoms with van der Waals surface area (Å²) in [6, 6.07) is 16.6. The number of benzene rings is 2. The summed E-state index contributed by atoms with van der Waals surface area (Å²) in [7, 11) is 0. The van der Waals surface area contributed by atoms with E-state index in [-0.39, 0.29) is 6.04 Å². The van der Waals surface area contributed by atoms with Crippen molar-refractivity contribution in [3.05, 3.63) is 71.0 Å². The molecule has 0 bridgehead atoms. The minimum atomic E-state index is 0.242. The van der Waals surface area contributed by atoms with Gasteiger partial charge in [-0.15, -0.1) is 0 Å². The number of nitrogens with one attached hydrogen (secondary N) is 1. The highest BCUT2D eigenvalue weighted by molar-refractivity contribution is 9.10. The molecule has 0 aliphatic rings. The summed E-state index contributed by atoms with van der Waals surface area (Å²) in [5.41, 5.74) is 3.26. The van der Waals surface area contributed by atoms with E-state index in [0.29, 0.717) is 0 Å². The Morgan fingerprint density at radius 2 is 1.57 bits per heavy atom. The summed E-state index contributed by atoms with van der Waals surface area (Å²) in [6.45, 7) is 2.15. The van der Waals surface area contributed by atoms with Gasteiger partial charge in [0.15, 0.2) is 0 Å². The molecule has 0 saturated carbocycles. The van der Waals surface area contributed by atoms with E-state index in [1.807, 2.05) is 24.3 Å². The van der Waals surface area contributed by atoms with Gasteiger partial charge in [-0.05, 0) is 48.9 Å². The van der Waals surface area contributed by atoms with Gasteiger partial charge in [0.25, 0.3) is 0 Å². The van der Waals surface area contributed by atoms with Gasteiger partial charge in [0.05, 0.1) is 18.1 Å². The third-order valence-electron chi connectivity index (χ3n) is 3.27. The monoisotopic (exact) mass is 342 g/mol. The molecule has 4 nitrogen and oxygen atoms in total. The molecule has 0 radical (unpaired) electrons. The number of hydrogen-bond acceptors (Lipinski definition) is 3. The third-order valence-corrected chi connectivity index (χ3v) is 3.80. The van der Waals surface area contributed by atoms with Crippen LogP contribution in [0, 0.1) is 0 Å². The van der Waals surface area contributed by atoms with Crippen molar-refractivity contribution >= 4 is 21.6 Å². The van der Waals surface area contributed by atoms with Crippen molar-refractivity contribution in [3.63, 3.8) is 0 Å². The Balaban J connectivity index is 1.71. The van der Waals surface area contributed by atoms with Crippen molar-refractivity contribution in [2.75, 3.05) is 5.32 Å². The number of aromatic nitrogens is 3. The first-order valence-electron chi connectivity index (χ1n) is 6.71. The van der Waals surface area contributed by atoms with Gasteiger partial charge >= 0.3 is 0 Å². The maximum absolute atomic E-state index is 4.11. The van der Waals surface area contributed by atoms with Crippen molar-refractivity contribution in [2.45, 2.75) is 13.0 Å². The van der Waals surface area contributed by atoms with E-state index in [9.17, 15) is 0 Å². The van der Waals surface area contributed by atoms with E-state index in [4.69, 9.17) is 0 Å². The average molecular weight is 343 g/mol. The third kappa shape index (κ3) is 3.31. The predicted molar refractivity (Wildman–Crippen MR) is 87.5 cm³/mol. The summed E-state index contributed by atoms with van der Waals surface area (Å²) in [4.78, 5) is 1.60. The quantitative estimate of drug-likeness (QED) is 0.772. The lowest BCUT2D eigenvalue weighted by Gasteiger charge is -2.16. The maximum atomic E-state index is 4.11. The maximum Gasteiger partial charge on any atom is 0.0858 e. The molecule has 2 aromatic carbocycles. The fraction of sp³-hybridized carbons (Fsp3) is 0.125. The van der Waals surface area contributed by atoms with Gasteiger partial charge in [0, 0.05) is 16.2 Å². The minimum absolute atomic E-state index is 0.242. The molecule has 3 aromatic rings. The van der Waals surface area contributed by atoms with Crippen LogP contribution in [0.1, 0.15) is 18.5 Å². The molecule has 21 heavy (non-hydrogen) atoms. The van der Waals surface area contributed by atoms with Crippen molar-refractivity contribution < 1.29 is 0 Å². The molecule has 0 aliphatic heterocycles. The molecule has 3 rings (SSSR count). The van der Waals surface area contributed by atoms with Gasteiger partial charge in [-0.3, -0.25) is 0 Å². The van der Waals surface area contributed by atoms with E-state index in [1.165, 1.54) is 5.56 Å². The van der Waals surface area contributed by atoms with Crippen LogP contribution in [-0.2, 0) is 0 Å². The van der Waals surface area contributed by atoms with Crippen LogP contribution >= 0.6 is 15.9 Å². The molecule has 0 aliphatic carbocycles. The largest absolute Gasteiger partial charge is 0.379 e. The summed E-state index contributed by atoms with van der Waals surface area (Å²) >= 11 is 3.45. The number of hydrogen-bond donors (Lipinski definition) is 1. The second-order valence-electron chi connectivity index (χ2n) is 4.78. The Labute approximate surface area is 131 Å². The molecule has 1 heterocycles. The van der Waals surface area contributed by atoms with Gasteiger partial charge in [-0.1, -0.05) is 28.1 Å². The number of nitrogens with zero attached hydrogens (tertiary/aromatic N) is 3. The summed E-state index contributed by atoms with van der Waals surface area (Å²) in [5, 5.41) is 11.7. The Morgan fingerprint density at radius 3 is 2.19 bits per heavy atom. The Bertz CT molecular complexity index is 690. The molecule has 0 spiro atoms. The normalized spacial score (nSPS) is 12.1. The second kappa shape index (κ2) is 6.10. The first kappa shape index (κ1) is 13.8. The molecular formula is C16H15BrN4. The zero-order valence-electron chi connectivity index (χ0n) is 11.6. The van der Waals surface area contributed by atoms with Gasteiger partial charge in [0.1, 0.15) is 0 Å². The Kier molecular flexibility index (Phi) is 4.01. The molecule has 106 valence electrons. The first-order chi connectivity index (χ1) is 10.2. The highest BCUT2D eigenvalue weighted by Gasteiger charge is 2.05. The second-order valence-corrected chi connectivity index (χ2v) is 5.70. The van der Waals surface area contributed by atoms with E-state index in [2.05, 4.69) is 62.6 Å². The molecule has 5 heteroatoms. The van der Waals surface area contributed by atoms with Crippen LogP contribution in [0.3, 0.4) is 0 Å². The summed E-state index contributed by atoms with van der Waals surface area (Å²) < 4.78 is 1.09. The topological polar surface area (TPSA) is 42.7 Å². The molecule has 0 saturated heterocycles. The molecule has 0 fully saturated rings. The fourth-order valence-corrected chi connectivity index (χ4v) is 2.39. The lowest BCUT2D eigenvalue weighted by atomic mass is 10.1. The summed E-state index contributed by atoms with van der Waals surface area (Å²) in [6.07, 6.45) is 3.34. The van der Waals surface area contributed by atoms with E-state index >= 15 is 0 Å². The molecule has 1 atom stereocenters. The lowest BCUT2D eigenvalue weighted by Crippen LogP contribution is -2.06. The molecular weight excluding hydrogens is 328 g/mol. The van der Waals surface area contributed by atoms with Crippen LogP contribution < -0.4 is 5.32 Å². The van der Waals surface area contributed by atoms with Crippen LogP contribution in [0.2, 0.25) is 0 Å². The molecule has 0 amide bonds. The van der Waals surface area contributed by atoms with Gasteiger partial charge in [0.2, 0.25) is 0 Å². The molecule has 1 aromatic heterocycles. The Morgan fingerprint density at radius 1 is 0.952 bits per heavy atom. The van der Waals surface area contributed by atoms with Gasteiger partial charge in [-0.2, -0.15) is 15.0 Å². The van der Waals surface area contributed by atoms with Crippen molar-refractivity contribution in [1.82, 2.24) is 15.0 Å². The van der Waals surface area contributed by atoms with Crippen molar-refractivity contribution in [3.8, 4) is 5.69 Å². The van der Waals surface area contributed by atoms with Gasteiger partial charge in [-0.25, -0.2) is 0 Å². The van der Waals surface area contributed by atoms with E-state index < -0.39 is 0 Å². The standard InChI is InChI=1S/C16H15BrN4/c1-12(13-2-4-14(17)5-3-13)20-15-6-8-16(9-7-15)21-18-10-11-19-21/h2-12,20H,1H3. The minimum Gasteiger partial charge on any atom is -0.379 e. The Hall–Kier alpha value is -2.14.